The van der Waals surface area contributed by atoms with Gasteiger partial charge in [0.15, 0.2) is 37.6 Å². The highest BCUT2D eigenvalue weighted by atomic mass is 16.8. The minimum Gasteiger partial charge on any atom is -0.432 e. The van der Waals surface area contributed by atoms with Crippen LogP contribution in [0.1, 0.15) is 106 Å². The monoisotopic (exact) mass is 1210 g/mol. The SMILES string of the molecule is C[C@@H]1O[C@@H](O[C@H]2[C@@H](OC(=O)[C@]34CCC(C)(C)C[C@H]3C3=CCC5[C@@]6(C)C[C@H](O)[C@H](O[C@@H]7O[C@H](CO)[C@@H](O)[C@H](O)[C@H]7O)C(C)(CO)[C@@H]6CC[C@@]5(C)[C@]3(C)C[C@H]4O)OC[C@H](O)[C@@H]2O)[C@H](O)[C@H](O)[C@H]1O[C@H]1C[C@H](O)[C@@H](O[C@@H]2O[C@@H](CO)[C@@H](O)[C@H]2O)[C@H](O)O1. The maximum Gasteiger partial charge on any atom is 0.317 e. The molecule has 0 spiro atoms. The Bertz CT molecular complexity index is 2340. The molecule has 0 bridgehead atoms. The normalized spacial score (nSPS) is 55.6. The van der Waals surface area contributed by atoms with E-state index < -0.39 is 219 Å². The molecule has 10 aliphatic rings. The molecule has 0 radical (unpaired) electrons. The number of carbonyl (C=O) groups is 1. The summed E-state index contributed by atoms with van der Waals surface area (Å²) in [7, 11) is 0. The number of aliphatic hydroxyl groups is 16. The second-order valence-corrected chi connectivity index (χ2v) is 27.8. The van der Waals surface area contributed by atoms with Crippen molar-refractivity contribution in [2.45, 2.75) is 260 Å². The molecule has 5 heterocycles. The quantitative estimate of drug-likeness (QED) is 0.0475. The number of hydrogen-bond donors (Lipinski definition) is 16. The van der Waals surface area contributed by atoms with Crippen LogP contribution in [0.25, 0.3) is 0 Å². The van der Waals surface area contributed by atoms with Crippen LogP contribution in [-0.4, -0.2) is 268 Å². The van der Waals surface area contributed by atoms with Crippen molar-refractivity contribution in [2.24, 2.45) is 50.2 Å². The maximum atomic E-state index is 15.4. The van der Waals surface area contributed by atoms with E-state index in [-0.39, 0.29) is 42.9 Å². The van der Waals surface area contributed by atoms with Gasteiger partial charge < -0.3 is 129 Å². The number of aliphatic hydroxyl groups excluding tert-OH is 16. The van der Waals surface area contributed by atoms with Crippen LogP contribution in [0.4, 0.5) is 0 Å². The van der Waals surface area contributed by atoms with Crippen molar-refractivity contribution in [3.63, 3.8) is 0 Å². The molecule has 5 saturated heterocycles. The summed E-state index contributed by atoms with van der Waals surface area (Å²) in [6.45, 7) is 11.7. The van der Waals surface area contributed by atoms with E-state index in [0.717, 1.165) is 5.57 Å². The highest BCUT2D eigenvalue weighted by molar-refractivity contribution is 5.80. The third-order valence-electron chi connectivity index (χ3n) is 22.5. The van der Waals surface area contributed by atoms with E-state index >= 15 is 4.79 Å². The van der Waals surface area contributed by atoms with Gasteiger partial charge >= 0.3 is 5.97 Å². The highest BCUT2D eigenvalue weighted by Crippen LogP contribution is 2.76. The predicted molar refractivity (Wildman–Crippen MR) is 280 cm³/mol. The van der Waals surface area contributed by atoms with Crippen molar-refractivity contribution in [3.05, 3.63) is 11.6 Å². The third kappa shape index (κ3) is 10.6. The van der Waals surface area contributed by atoms with E-state index in [1.165, 1.54) is 6.92 Å². The van der Waals surface area contributed by atoms with E-state index in [1.54, 1.807) is 0 Å². The number of esters is 1. The van der Waals surface area contributed by atoms with Crippen molar-refractivity contribution in [1.29, 1.82) is 0 Å². The average Bonchev–Trinajstić information content (AvgIpc) is 0.753. The van der Waals surface area contributed by atoms with Gasteiger partial charge in [-0.1, -0.05) is 53.2 Å². The minimum absolute atomic E-state index is 0.129. The van der Waals surface area contributed by atoms with Gasteiger partial charge in [0.2, 0.25) is 6.29 Å². The molecule has 0 aromatic rings. The summed E-state index contributed by atoms with van der Waals surface area (Å²) in [4.78, 5) is 15.4. The molecule has 2 unspecified atom stereocenters. The molecular formula is C57H92O27. The van der Waals surface area contributed by atoms with Crippen LogP contribution in [0.5, 0.6) is 0 Å². The molecule has 482 valence electrons. The lowest BCUT2D eigenvalue weighted by Gasteiger charge is -2.72. The maximum absolute atomic E-state index is 15.4. The molecule has 33 atom stereocenters. The van der Waals surface area contributed by atoms with E-state index in [2.05, 4.69) is 40.7 Å². The zero-order valence-corrected chi connectivity index (χ0v) is 48.6. The standard InChI is InChI=1S/C57H92O27/c1-22-42(79-33-14-25(61)43(46(73)80-33)81-48-39(70)36(67)29(19-59)77-48)38(69)41(72)47(76-22)82-44-34(65)27(63)20-75-50(44)84-51(74)57-13-12-52(2,3)15-24(57)23-8-9-31-53(4)16-26(62)45(83-49-40(71)37(68)35(66)28(18-58)78-49)54(5,21-60)30(53)10-11-55(31,6)56(23,7)17-32(57)64/h8,22,24-50,58-73H,9-21H2,1-7H3/t22-,24-,25-,26-,27-,28+,29-,30+,31?,32+,33+,34-,35+,36+,37-,38-,39+,40+,41+,42-,43+,44+,45-,46+,47-,48-,49-,50+,53-,54?,55+,56+,57+/m0/s1. The van der Waals surface area contributed by atoms with Gasteiger partial charge in [-0.2, -0.15) is 0 Å². The van der Waals surface area contributed by atoms with Crippen LogP contribution >= 0.6 is 0 Å². The van der Waals surface area contributed by atoms with Crippen LogP contribution in [-0.2, 0) is 52.2 Å². The number of rotatable bonds is 13. The van der Waals surface area contributed by atoms with Gasteiger partial charge in [-0.15, -0.1) is 0 Å². The van der Waals surface area contributed by atoms with Crippen LogP contribution in [0, 0.1) is 50.2 Å². The molecule has 0 aromatic carbocycles. The number of hydrogen-bond acceptors (Lipinski definition) is 27. The topological polar surface area (TPSA) is 433 Å². The Balaban J connectivity index is 0.846. The average molecular weight is 1210 g/mol. The predicted octanol–water partition coefficient (Wildman–Crippen LogP) is -4.00. The summed E-state index contributed by atoms with van der Waals surface area (Å²) < 4.78 is 58.5. The molecule has 0 aromatic heterocycles. The Kier molecular flexibility index (Phi) is 18.5. The van der Waals surface area contributed by atoms with E-state index in [4.69, 9.17) is 47.4 Å². The Morgan fingerprint density at radius 2 is 1.20 bits per heavy atom. The molecule has 5 aliphatic heterocycles. The van der Waals surface area contributed by atoms with Crippen LogP contribution in [0.3, 0.4) is 0 Å². The minimum atomic E-state index is -1.95. The van der Waals surface area contributed by atoms with Crippen LogP contribution in [0.2, 0.25) is 0 Å². The summed E-state index contributed by atoms with van der Waals surface area (Å²) in [6, 6.07) is 0. The summed E-state index contributed by atoms with van der Waals surface area (Å²) in [5.74, 6) is -1.82. The van der Waals surface area contributed by atoms with Crippen molar-refractivity contribution < 1.29 is 134 Å². The number of fused-ring (bicyclic) bond motifs is 7. The number of ether oxygens (including phenoxy) is 10. The molecule has 5 aliphatic carbocycles. The van der Waals surface area contributed by atoms with E-state index in [0.29, 0.717) is 32.1 Å². The zero-order valence-electron chi connectivity index (χ0n) is 48.6. The molecule has 9 fully saturated rings. The first-order valence-electron chi connectivity index (χ1n) is 29.8. The summed E-state index contributed by atoms with van der Waals surface area (Å²) in [6.07, 6.45) is -33.7. The fourth-order valence-electron chi connectivity index (χ4n) is 17.5. The molecule has 0 amide bonds. The molecule has 27 nitrogen and oxygen atoms in total. The molecule has 27 heteroatoms. The van der Waals surface area contributed by atoms with Gasteiger partial charge in [-0.05, 0) is 97.7 Å². The summed E-state index contributed by atoms with van der Waals surface area (Å²) >= 11 is 0. The Morgan fingerprint density at radius 3 is 1.85 bits per heavy atom. The van der Waals surface area contributed by atoms with E-state index in [9.17, 15) is 81.7 Å². The van der Waals surface area contributed by atoms with Gasteiger partial charge in [-0.3, -0.25) is 4.79 Å². The Morgan fingerprint density at radius 1 is 0.595 bits per heavy atom. The second kappa shape index (κ2) is 23.8. The van der Waals surface area contributed by atoms with Crippen molar-refractivity contribution >= 4 is 5.97 Å². The lowest BCUT2D eigenvalue weighted by atomic mass is 9.33. The van der Waals surface area contributed by atoms with Gasteiger partial charge in [0.05, 0.1) is 56.9 Å². The first-order valence-corrected chi connectivity index (χ1v) is 29.8. The second-order valence-electron chi connectivity index (χ2n) is 27.8. The van der Waals surface area contributed by atoms with Crippen LogP contribution in [0.15, 0.2) is 11.6 Å². The Labute approximate surface area is 486 Å². The van der Waals surface area contributed by atoms with Crippen molar-refractivity contribution in [1.82, 2.24) is 0 Å². The van der Waals surface area contributed by atoms with Gasteiger partial charge in [0.1, 0.15) is 84.8 Å². The van der Waals surface area contributed by atoms with Gasteiger partial charge in [-0.25, -0.2) is 0 Å². The summed E-state index contributed by atoms with van der Waals surface area (Å²) in [5.41, 5.74) is -3.94. The molecule has 4 saturated carbocycles. The molecule has 16 N–H and O–H groups in total. The van der Waals surface area contributed by atoms with Crippen LogP contribution < -0.4 is 0 Å². The first kappa shape index (κ1) is 65.2. The summed E-state index contributed by atoms with van der Waals surface area (Å²) in [5, 5.41) is 175. The lowest BCUT2D eigenvalue weighted by Crippen LogP contribution is -2.70. The van der Waals surface area contributed by atoms with E-state index in [1.807, 2.05) is 6.92 Å². The lowest BCUT2D eigenvalue weighted by molar-refractivity contribution is -0.379. The number of allylic oxidation sites excluding steroid dienone is 2. The van der Waals surface area contributed by atoms with Gasteiger partial charge in [0, 0.05) is 11.8 Å². The third-order valence-corrected chi connectivity index (χ3v) is 22.5. The molecule has 84 heavy (non-hydrogen) atoms. The highest BCUT2D eigenvalue weighted by Gasteiger charge is 2.73. The van der Waals surface area contributed by atoms with Gasteiger partial charge in [0.25, 0.3) is 0 Å². The molecule has 10 rings (SSSR count). The fraction of sp³-hybridized carbons (Fsp3) is 0.947. The smallest absolute Gasteiger partial charge is 0.317 e. The zero-order chi connectivity index (χ0) is 61.3. The van der Waals surface area contributed by atoms with Crippen molar-refractivity contribution in [2.75, 3.05) is 26.4 Å². The molecular weight excluding hydrogens is 1120 g/mol. The first-order chi connectivity index (χ1) is 39.4. The number of carbonyl (C=O) groups excluding carboxylic acids is 1. The van der Waals surface area contributed by atoms with Crippen molar-refractivity contribution in [3.8, 4) is 0 Å². The Hall–Kier alpha value is -1.79. The largest absolute Gasteiger partial charge is 0.432 e. The fourth-order valence-corrected chi connectivity index (χ4v) is 17.5.